The minimum absolute atomic E-state index is 0.0230. The number of halogens is 2. The van der Waals surface area contributed by atoms with E-state index in [1.165, 1.54) is 0 Å². The molecule has 2 aromatic rings. The normalized spacial score (nSPS) is 14.7. The first-order chi connectivity index (χ1) is 12.4. The first-order valence-electron chi connectivity index (χ1n) is 7.27. The highest BCUT2D eigenvalue weighted by Gasteiger charge is 2.33. The minimum Gasteiger partial charge on any atom is -0.184 e. The van der Waals surface area contributed by atoms with Gasteiger partial charge in [0.05, 0.1) is 10.1 Å². The number of rotatable bonds is 2. The van der Waals surface area contributed by atoms with Gasteiger partial charge in [-0.25, -0.2) is 0 Å². The molecule has 0 atom stereocenters. The molecule has 26 heavy (non-hydrogen) atoms. The maximum atomic E-state index is 12.0. The molecule has 0 radical (unpaired) electrons. The molecule has 132 valence electrons. The van der Waals surface area contributed by atoms with E-state index in [0.29, 0.717) is 16.7 Å². The van der Waals surface area contributed by atoms with E-state index < -0.39 is 30.3 Å². The van der Waals surface area contributed by atoms with E-state index in [2.05, 4.69) is 0 Å². The Bertz CT molecular complexity index is 1210. The lowest BCUT2D eigenvalue weighted by atomic mass is 9.87. The van der Waals surface area contributed by atoms with Crippen LogP contribution in [-0.2, 0) is 20.6 Å². The van der Waals surface area contributed by atoms with Crippen molar-refractivity contribution in [1.82, 2.24) is 0 Å². The van der Waals surface area contributed by atoms with Gasteiger partial charge in [-0.1, -0.05) is 83.9 Å². The summed E-state index contributed by atoms with van der Waals surface area (Å²) in [5.74, 6) is 0. The van der Waals surface area contributed by atoms with Crippen LogP contribution in [0, 0.1) is 0 Å². The second-order valence-corrected chi connectivity index (χ2v) is 7.75. The van der Waals surface area contributed by atoms with Crippen LogP contribution in [0.25, 0.3) is 11.1 Å². The van der Waals surface area contributed by atoms with Crippen LogP contribution < -0.4 is 0 Å². The highest BCUT2D eigenvalue weighted by Crippen LogP contribution is 2.42. The van der Waals surface area contributed by atoms with E-state index in [9.17, 15) is 16.8 Å². The molecule has 0 aliphatic heterocycles. The van der Waals surface area contributed by atoms with Gasteiger partial charge >= 0.3 is 0 Å². The van der Waals surface area contributed by atoms with Crippen molar-refractivity contribution in [3.05, 3.63) is 81.9 Å². The molecular weight excluding hydrogens is 415 g/mol. The van der Waals surface area contributed by atoms with Gasteiger partial charge in [0, 0.05) is 11.1 Å². The van der Waals surface area contributed by atoms with Crippen molar-refractivity contribution in [3.8, 4) is 0 Å². The lowest BCUT2D eigenvalue weighted by Crippen LogP contribution is -2.24. The van der Waals surface area contributed by atoms with Crippen LogP contribution in [0.1, 0.15) is 11.1 Å². The molecule has 0 fully saturated rings. The van der Waals surface area contributed by atoms with Gasteiger partial charge in [0.2, 0.25) is 20.6 Å². The van der Waals surface area contributed by atoms with Gasteiger partial charge in [-0.15, -0.1) is 0 Å². The Morgan fingerprint density at radius 2 is 0.962 bits per heavy atom. The van der Waals surface area contributed by atoms with Crippen LogP contribution in [0.15, 0.2) is 70.7 Å². The Balaban J connectivity index is 2.59. The number of hydrogen-bond donors (Lipinski definition) is 0. The van der Waals surface area contributed by atoms with E-state index in [1.54, 1.807) is 60.7 Å². The molecule has 1 aliphatic carbocycles. The second-order valence-electron chi connectivity index (χ2n) is 5.24. The maximum absolute atomic E-state index is 12.0. The van der Waals surface area contributed by atoms with Gasteiger partial charge in [0.15, 0.2) is 0 Å². The fourth-order valence-electron chi connectivity index (χ4n) is 2.71. The smallest absolute Gasteiger partial charge is 0.184 e. The zero-order valence-corrected chi connectivity index (χ0v) is 16.1. The summed E-state index contributed by atoms with van der Waals surface area (Å²) in [5, 5.41) is -0.345. The molecule has 0 N–H and O–H groups in total. The predicted octanol–water partition coefficient (Wildman–Crippen LogP) is 3.40. The van der Waals surface area contributed by atoms with Crippen LogP contribution >= 0.6 is 23.2 Å². The molecule has 0 heterocycles. The average Bonchev–Trinajstić information content (AvgIpc) is 2.64. The summed E-state index contributed by atoms with van der Waals surface area (Å²) < 4.78 is 47.4. The topological polar surface area (TPSA) is 68.3 Å². The highest BCUT2D eigenvalue weighted by atomic mass is 35.5. The molecule has 0 saturated carbocycles. The molecule has 2 aromatic carbocycles. The van der Waals surface area contributed by atoms with Crippen molar-refractivity contribution < 1.29 is 16.8 Å². The van der Waals surface area contributed by atoms with Crippen molar-refractivity contribution in [2.75, 3.05) is 0 Å². The molecule has 4 nitrogen and oxygen atoms in total. The van der Waals surface area contributed by atoms with Gasteiger partial charge in [0.1, 0.15) is 9.73 Å². The number of allylic oxidation sites excluding steroid dienone is 4. The zero-order chi connectivity index (χ0) is 18.8. The fraction of sp³-hybridized carbons (Fsp3) is 0. The Hall–Kier alpha value is -2.12. The monoisotopic (exact) mass is 424 g/mol. The number of benzene rings is 2. The van der Waals surface area contributed by atoms with Gasteiger partial charge < -0.3 is 0 Å². The Morgan fingerprint density at radius 3 is 1.38 bits per heavy atom. The van der Waals surface area contributed by atoms with Crippen molar-refractivity contribution >= 4 is 64.7 Å². The van der Waals surface area contributed by atoms with Crippen LogP contribution in [0.3, 0.4) is 0 Å². The third-order valence-corrected chi connectivity index (χ3v) is 6.33. The van der Waals surface area contributed by atoms with E-state index in [0.717, 1.165) is 0 Å². The Kier molecular flexibility index (Phi) is 5.48. The zero-order valence-electron chi connectivity index (χ0n) is 13.0. The maximum Gasteiger partial charge on any atom is 0.224 e. The van der Waals surface area contributed by atoms with Gasteiger partial charge in [0.25, 0.3) is 0 Å². The summed E-state index contributed by atoms with van der Waals surface area (Å²) in [6, 6.07) is 17.4. The SMILES string of the molecule is O=S(=O)=C1C(Cl)=C(Cl)C(c2ccccc2)=C(c2ccccc2)C1=S(=O)=O. The second kappa shape index (κ2) is 7.63. The van der Waals surface area contributed by atoms with E-state index in [-0.39, 0.29) is 15.6 Å². The van der Waals surface area contributed by atoms with Crippen molar-refractivity contribution in [1.29, 1.82) is 0 Å². The first kappa shape index (κ1) is 18.7. The van der Waals surface area contributed by atoms with E-state index >= 15 is 0 Å². The molecule has 0 aromatic heterocycles. The molecule has 0 saturated heterocycles. The quantitative estimate of drug-likeness (QED) is 0.692. The molecule has 8 heteroatoms. The van der Waals surface area contributed by atoms with Crippen molar-refractivity contribution in [2.45, 2.75) is 0 Å². The van der Waals surface area contributed by atoms with Crippen molar-refractivity contribution in [3.63, 3.8) is 0 Å². The van der Waals surface area contributed by atoms with Crippen LogP contribution in [0.5, 0.6) is 0 Å². The lowest BCUT2D eigenvalue weighted by molar-refractivity contribution is 0.625. The average molecular weight is 425 g/mol. The molecule has 0 bridgehead atoms. The van der Waals surface area contributed by atoms with Gasteiger partial charge in [-0.2, -0.15) is 16.8 Å². The molecule has 1 aliphatic rings. The van der Waals surface area contributed by atoms with E-state index in [4.69, 9.17) is 23.2 Å². The summed E-state index contributed by atoms with van der Waals surface area (Å²) in [6.07, 6.45) is 0. The molecular formula is C18H10Cl2O4S2. The van der Waals surface area contributed by atoms with Crippen LogP contribution in [0.4, 0.5) is 0 Å². The molecule has 0 amide bonds. The van der Waals surface area contributed by atoms with Crippen LogP contribution in [-0.4, -0.2) is 26.6 Å². The van der Waals surface area contributed by atoms with Gasteiger partial charge in [-0.05, 0) is 11.1 Å². The first-order valence-corrected chi connectivity index (χ1v) is 10.2. The van der Waals surface area contributed by atoms with Crippen molar-refractivity contribution in [2.24, 2.45) is 0 Å². The standard InChI is InChI=1S/C18H10Cl2O4S2/c19-15-13(11-7-3-1-4-8-11)14(12-9-5-2-6-10-12)17(25(21)22)18(16(15)20)26(23)24/h1-10H. The third-order valence-electron chi connectivity index (χ3n) is 3.75. The third kappa shape index (κ3) is 3.29. The lowest BCUT2D eigenvalue weighted by Gasteiger charge is -2.22. The van der Waals surface area contributed by atoms with Crippen LogP contribution in [0.2, 0.25) is 0 Å². The largest absolute Gasteiger partial charge is 0.224 e. The number of hydrogen-bond acceptors (Lipinski definition) is 4. The van der Waals surface area contributed by atoms with E-state index in [1.807, 2.05) is 0 Å². The molecule has 0 unspecified atom stereocenters. The summed E-state index contributed by atoms with van der Waals surface area (Å²) in [5.41, 5.74) is 1.68. The summed E-state index contributed by atoms with van der Waals surface area (Å²) in [6.45, 7) is 0. The molecule has 0 spiro atoms. The Labute approximate surface area is 163 Å². The summed E-state index contributed by atoms with van der Waals surface area (Å²) >= 11 is 12.6. The summed E-state index contributed by atoms with van der Waals surface area (Å²) in [7, 11) is -5.75. The highest BCUT2D eigenvalue weighted by molar-refractivity contribution is 7.84. The van der Waals surface area contributed by atoms with Gasteiger partial charge in [-0.3, -0.25) is 0 Å². The fourth-order valence-corrected chi connectivity index (χ4v) is 5.05. The minimum atomic E-state index is -2.89. The molecule has 3 rings (SSSR count). The predicted molar refractivity (Wildman–Crippen MR) is 106 cm³/mol. The summed E-state index contributed by atoms with van der Waals surface area (Å²) in [4.78, 5) is -0.943. The Morgan fingerprint density at radius 1 is 0.538 bits per heavy atom.